The summed E-state index contributed by atoms with van der Waals surface area (Å²) in [5, 5.41) is 9.72. The molecule has 0 unspecified atom stereocenters. The van der Waals surface area contributed by atoms with Crippen LogP contribution < -0.4 is 5.11 Å². The first-order valence-electron chi connectivity index (χ1n) is 3.27. The van der Waals surface area contributed by atoms with Gasteiger partial charge in [-0.2, -0.15) is 13.2 Å². The molecule has 0 bridgehead atoms. The number of nitrogens with zero attached hydrogens (tertiary/aromatic N) is 1. The van der Waals surface area contributed by atoms with Crippen molar-refractivity contribution in [3.8, 4) is 0 Å². The first-order valence-corrected chi connectivity index (χ1v) is 3.64. The van der Waals surface area contributed by atoms with Crippen LogP contribution in [0.1, 0.15) is 16.1 Å². The second kappa shape index (κ2) is 3.45. The summed E-state index contributed by atoms with van der Waals surface area (Å²) in [4.78, 5) is 13.2. The molecule has 1 aromatic rings. The zero-order chi connectivity index (χ0) is 10.9. The van der Waals surface area contributed by atoms with Gasteiger partial charge in [0, 0.05) is 5.56 Å². The molecule has 0 saturated carbocycles. The van der Waals surface area contributed by atoms with E-state index in [1.165, 1.54) is 0 Å². The molecule has 14 heavy (non-hydrogen) atoms. The Bertz CT molecular complexity index is 378. The van der Waals surface area contributed by atoms with E-state index >= 15 is 0 Å². The smallest absolute Gasteiger partial charge is 0.433 e. The van der Waals surface area contributed by atoms with Crippen molar-refractivity contribution >= 4 is 17.6 Å². The van der Waals surface area contributed by atoms with Gasteiger partial charge in [0.2, 0.25) is 0 Å². The van der Waals surface area contributed by atoms with E-state index in [2.05, 4.69) is 4.98 Å². The molecule has 0 aliphatic carbocycles. The molecular weight excluding hydrogens is 223 g/mol. The van der Waals surface area contributed by atoms with Gasteiger partial charge in [-0.05, 0) is 12.1 Å². The predicted molar refractivity (Wildman–Crippen MR) is 38.6 cm³/mol. The molecule has 1 heterocycles. The summed E-state index contributed by atoms with van der Waals surface area (Å²) in [7, 11) is 0. The number of rotatable bonds is 1. The maximum absolute atomic E-state index is 12.1. The van der Waals surface area contributed by atoms with Crippen LogP contribution in [0.2, 0.25) is 5.15 Å². The fourth-order valence-corrected chi connectivity index (χ4v) is 0.969. The van der Waals surface area contributed by atoms with Gasteiger partial charge in [-0.3, -0.25) is 0 Å². The average Bonchev–Trinajstić information content (AvgIpc) is 2.01. The molecule has 0 fully saturated rings. The Hall–Kier alpha value is -1.30. The molecule has 0 aliphatic rings. The van der Waals surface area contributed by atoms with Crippen LogP contribution in [0, 0.1) is 0 Å². The molecule has 0 aliphatic heterocycles. The predicted octanol–water partition coefficient (Wildman–Crippen LogP) is 1.12. The Morgan fingerprint density at radius 3 is 2.43 bits per heavy atom. The van der Waals surface area contributed by atoms with Gasteiger partial charge < -0.3 is 9.90 Å². The molecular formula is C7H2ClF3NO2-. The van der Waals surface area contributed by atoms with Crippen LogP contribution in [0.3, 0.4) is 0 Å². The van der Waals surface area contributed by atoms with Gasteiger partial charge in [0.1, 0.15) is 10.8 Å². The second-order valence-electron chi connectivity index (χ2n) is 2.35. The van der Waals surface area contributed by atoms with E-state index < -0.39 is 28.6 Å². The van der Waals surface area contributed by atoms with Crippen molar-refractivity contribution in [3.63, 3.8) is 0 Å². The molecule has 1 aromatic heterocycles. The van der Waals surface area contributed by atoms with Crippen LogP contribution in [-0.2, 0) is 6.18 Å². The normalized spacial score (nSPS) is 11.4. The number of alkyl halides is 3. The van der Waals surface area contributed by atoms with Gasteiger partial charge in [0.15, 0.2) is 0 Å². The second-order valence-corrected chi connectivity index (χ2v) is 2.74. The van der Waals surface area contributed by atoms with Crippen LogP contribution in [0.15, 0.2) is 12.1 Å². The lowest BCUT2D eigenvalue weighted by Gasteiger charge is -2.08. The quantitative estimate of drug-likeness (QED) is 0.672. The van der Waals surface area contributed by atoms with E-state index in [0.717, 1.165) is 6.07 Å². The van der Waals surface area contributed by atoms with E-state index in [1.54, 1.807) is 0 Å². The average molecular weight is 225 g/mol. The zero-order valence-electron chi connectivity index (χ0n) is 6.43. The topological polar surface area (TPSA) is 53.0 Å². The van der Waals surface area contributed by atoms with Gasteiger partial charge in [-0.25, -0.2) is 4.98 Å². The van der Waals surface area contributed by atoms with Crippen molar-refractivity contribution in [3.05, 3.63) is 28.5 Å². The maximum atomic E-state index is 12.1. The van der Waals surface area contributed by atoms with Crippen molar-refractivity contribution in [2.24, 2.45) is 0 Å². The van der Waals surface area contributed by atoms with E-state index in [-0.39, 0.29) is 0 Å². The zero-order valence-corrected chi connectivity index (χ0v) is 7.19. The fourth-order valence-electron chi connectivity index (χ4n) is 0.760. The molecule has 1 rings (SSSR count). The number of pyridine rings is 1. The summed E-state index contributed by atoms with van der Waals surface area (Å²) in [5.74, 6) is -1.74. The summed E-state index contributed by atoms with van der Waals surface area (Å²) < 4.78 is 36.2. The number of halogens is 4. The van der Waals surface area contributed by atoms with Crippen LogP contribution in [-0.4, -0.2) is 11.0 Å². The number of carboxylic acid groups (broad SMARTS) is 1. The highest BCUT2D eigenvalue weighted by molar-refractivity contribution is 6.29. The lowest BCUT2D eigenvalue weighted by Crippen LogP contribution is -2.23. The number of aromatic carboxylic acids is 1. The molecule has 0 atom stereocenters. The Balaban J connectivity index is 3.28. The Kier molecular flexibility index (Phi) is 2.66. The minimum absolute atomic E-state index is 0.362. The molecule has 3 nitrogen and oxygen atoms in total. The molecule has 0 radical (unpaired) electrons. The van der Waals surface area contributed by atoms with Gasteiger partial charge in [-0.1, -0.05) is 11.6 Å². The van der Waals surface area contributed by atoms with Crippen molar-refractivity contribution < 1.29 is 23.1 Å². The third kappa shape index (κ3) is 2.35. The van der Waals surface area contributed by atoms with Crippen molar-refractivity contribution in [2.75, 3.05) is 0 Å². The standard InChI is InChI=1S/C7H3ClF3NO2/c8-5-2-3(6(13)14)1-4(12-5)7(9,10)11/h1-2H,(H,13,14)/p-1. The van der Waals surface area contributed by atoms with E-state index in [4.69, 9.17) is 11.6 Å². The van der Waals surface area contributed by atoms with Gasteiger partial charge in [0.25, 0.3) is 0 Å². The van der Waals surface area contributed by atoms with Crippen LogP contribution in [0.25, 0.3) is 0 Å². The molecule has 0 amide bonds. The molecule has 0 aromatic carbocycles. The molecule has 0 saturated heterocycles. The SMILES string of the molecule is O=C([O-])c1cc(Cl)nc(C(F)(F)F)c1. The van der Waals surface area contributed by atoms with Gasteiger partial charge in [0.05, 0.1) is 5.97 Å². The lowest BCUT2D eigenvalue weighted by atomic mass is 10.2. The van der Waals surface area contributed by atoms with E-state index in [0.29, 0.717) is 6.07 Å². The van der Waals surface area contributed by atoms with Crippen LogP contribution >= 0.6 is 11.6 Å². The maximum Gasteiger partial charge on any atom is 0.433 e. The Morgan fingerprint density at radius 2 is 2.00 bits per heavy atom. The van der Waals surface area contributed by atoms with Crippen LogP contribution in [0.5, 0.6) is 0 Å². The first-order chi connectivity index (χ1) is 6.30. The van der Waals surface area contributed by atoms with Crippen LogP contribution in [0.4, 0.5) is 13.2 Å². The van der Waals surface area contributed by atoms with Gasteiger partial charge >= 0.3 is 6.18 Å². The fraction of sp³-hybridized carbons (Fsp3) is 0.143. The van der Waals surface area contributed by atoms with E-state index in [9.17, 15) is 23.1 Å². The summed E-state index contributed by atoms with van der Waals surface area (Å²) in [6.45, 7) is 0. The van der Waals surface area contributed by atoms with Crippen molar-refractivity contribution in [2.45, 2.75) is 6.18 Å². The molecule has 7 heteroatoms. The number of carbonyl (C=O) groups excluding carboxylic acids is 1. The van der Waals surface area contributed by atoms with E-state index in [1.807, 2.05) is 0 Å². The minimum Gasteiger partial charge on any atom is -0.545 e. The monoisotopic (exact) mass is 224 g/mol. The number of hydrogen-bond acceptors (Lipinski definition) is 3. The highest BCUT2D eigenvalue weighted by Gasteiger charge is 2.33. The number of hydrogen-bond donors (Lipinski definition) is 0. The van der Waals surface area contributed by atoms with Crippen molar-refractivity contribution in [1.82, 2.24) is 4.98 Å². The highest BCUT2D eigenvalue weighted by atomic mass is 35.5. The number of aromatic nitrogens is 1. The largest absolute Gasteiger partial charge is 0.545 e. The summed E-state index contributed by atoms with van der Waals surface area (Å²) >= 11 is 5.20. The number of carbonyl (C=O) groups is 1. The molecule has 0 spiro atoms. The third-order valence-electron chi connectivity index (χ3n) is 1.32. The lowest BCUT2D eigenvalue weighted by molar-refractivity contribution is -0.255. The minimum atomic E-state index is -4.73. The van der Waals surface area contributed by atoms with Gasteiger partial charge in [-0.15, -0.1) is 0 Å². The Morgan fingerprint density at radius 1 is 1.43 bits per heavy atom. The summed E-state index contributed by atoms with van der Waals surface area (Å²) in [5.41, 5.74) is -2.01. The van der Waals surface area contributed by atoms with Crippen molar-refractivity contribution in [1.29, 1.82) is 0 Å². The third-order valence-corrected chi connectivity index (χ3v) is 1.51. The first kappa shape index (κ1) is 10.8. The molecule has 0 N–H and O–H groups in total. The molecule has 76 valence electrons. The Labute approximate surface area is 81.1 Å². The summed E-state index contributed by atoms with van der Waals surface area (Å²) in [6.07, 6.45) is -4.73. The summed E-state index contributed by atoms with van der Waals surface area (Å²) in [6, 6.07) is 1.15. The number of carboxylic acids is 1. The highest BCUT2D eigenvalue weighted by Crippen LogP contribution is 2.29.